The van der Waals surface area contributed by atoms with Gasteiger partial charge in [-0.3, -0.25) is 4.79 Å². The highest BCUT2D eigenvalue weighted by Gasteiger charge is 2.03. The highest BCUT2D eigenvalue weighted by atomic mass is 16.1. The summed E-state index contributed by atoms with van der Waals surface area (Å²) in [6, 6.07) is 7.96. The number of rotatable bonds is 17. The molecule has 0 spiro atoms. The second kappa shape index (κ2) is 19.0. The van der Waals surface area contributed by atoms with Crippen LogP contribution in [0.5, 0.6) is 0 Å². The number of nitrogens with one attached hydrogen (secondary N) is 2. The minimum Gasteiger partial charge on any atom is -0.356 e. The first-order valence-electron chi connectivity index (χ1n) is 12.9. The van der Waals surface area contributed by atoms with Crippen LogP contribution in [0.25, 0.3) is 11.0 Å². The number of benzene rings is 1. The number of imidazole rings is 1. The van der Waals surface area contributed by atoms with E-state index >= 15 is 0 Å². The first-order valence-corrected chi connectivity index (χ1v) is 12.9. The monoisotopic (exact) mass is 471 g/mol. The zero-order chi connectivity index (χ0) is 24.8. The number of H-pyrrole nitrogens is 1. The van der Waals surface area contributed by atoms with Crippen molar-refractivity contribution >= 4 is 16.9 Å². The molecule has 2 aromatic rings. The molecular weight excluding hydrogens is 430 g/mol. The molecule has 0 saturated carbocycles. The van der Waals surface area contributed by atoms with Crippen molar-refractivity contribution in [2.45, 2.75) is 64.7 Å². The van der Waals surface area contributed by atoms with Gasteiger partial charge < -0.3 is 10.3 Å². The van der Waals surface area contributed by atoms with Gasteiger partial charge in [-0.05, 0) is 57.1 Å². The van der Waals surface area contributed by atoms with Crippen LogP contribution in [0, 0.1) is 0 Å². The summed E-state index contributed by atoms with van der Waals surface area (Å²) in [4.78, 5) is 19.8. The quantitative estimate of drug-likeness (QED) is 0.232. The number of carbonyl (C=O) groups excluding carboxylic acids is 1. The van der Waals surface area contributed by atoms with E-state index in [0.717, 1.165) is 61.8 Å². The van der Waals surface area contributed by atoms with Crippen LogP contribution in [-0.2, 0) is 11.2 Å². The third-order valence-electron chi connectivity index (χ3n) is 5.26. The third kappa shape index (κ3) is 13.8. The summed E-state index contributed by atoms with van der Waals surface area (Å²) in [6.45, 7) is 2.75. The zero-order valence-corrected chi connectivity index (χ0v) is 21.2. The van der Waals surface area contributed by atoms with Crippen molar-refractivity contribution in [2.75, 3.05) is 6.54 Å². The molecule has 1 amide bonds. The number of aromatic nitrogens is 2. The second-order valence-corrected chi connectivity index (χ2v) is 8.25. The van der Waals surface area contributed by atoms with Gasteiger partial charge in [0, 0.05) is 19.4 Å². The van der Waals surface area contributed by atoms with E-state index in [9.17, 15) is 4.79 Å². The summed E-state index contributed by atoms with van der Waals surface area (Å²) in [7, 11) is 0. The standard InChI is InChI=1S/C31H41N3O/c1-2-3-4-5-6-7-8-9-10-11-12-13-14-15-16-17-18-19-20-25-31(35)32-27-26-30-33-28-23-21-22-24-29(28)34-30/h3-4,6-7,9-10,12-13,15-16,18-19,21-24H,2,5,8,11,14,17,20,25-27H2,1H3,(H,32,35)(H,33,34)/b4-3+,7-6+,10-9+,13-12+,16-15+,19-18+. The van der Waals surface area contributed by atoms with Crippen LogP contribution < -0.4 is 5.32 Å². The van der Waals surface area contributed by atoms with Crippen LogP contribution in [0.2, 0.25) is 0 Å². The van der Waals surface area contributed by atoms with Gasteiger partial charge in [0.05, 0.1) is 11.0 Å². The molecule has 0 unspecified atom stereocenters. The topological polar surface area (TPSA) is 57.8 Å². The maximum absolute atomic E-state index is 12.0. The van der Waals surface area contributed by atoms with Crippen LogP contribution >= 0.6 is 0 Å². The Morgan fingerprint density at radius 1 is 0.800 bits per heavy atom. The summed E-state index contributed by atoms with van der Waals surface area (Å²) in [5, 5.41) is 2.97. The molecule has 1 aromatic carbocycles. The number of hydrogen-bond acceptors (Lipinski definition) is 2. The molecule has 4 heteroatoms. The maximum atomic E-state index is 12.0. The fraction of sp³-hybridized carbons (Fsp3) is 0.355. The average molecular weight is 472 g/mol. The van der Waals surface area contributed by atoms with Crippen LogP contribution in [0.3, 0.4) is 0 Å². The Morgan fingerprint density at radius 2 is 1.34 bits per heavy atom. The predicted molar refractivity (Wildman–Crippen MR) is 150 cm³/mol. The molecule has 0 aliphatic heterocycles. The summed E-state index contributed by atoms with van der Waals surface area (Å²) >= 11 is 0. The molecule has 0 aliphatic rings. The van der Waals surface area contributed by atoms with Gasteiger partial charge in [-0.2, -0.15) is 0 Å². The van der Waals surface area contributed by atoms with Gasteiger partial charge in [0.2, 0.25) is 5.91 Å². The van der Waals surface area contributed by atoms with Crippen molar-refractivity contribution in [1.82, 2.24) is 15.3 Å². The number of amides is 1. The number of para-hydroxylation sites is 2. The summed E-state index contributed by atoms with van der Waals surface area (Å²) in [5.74, 6) is 0.990. The minimum atomic E-state index is 0.0839. The van der Waals surface area contributed by atoms with Crippen molar-refractivity contribution in [3.8, 4) is 0 Å². The lowest BCUT2D eigenvalue weighted by molar-refractivity contribution is -0.120. The number of aromatic amines is 1. The second-order valence-electron chi connectivity index (χ2n) is 8.25. The highest BCUT2D eigenvalue weighted by Crippen LogP contribution is 2.10. The first kappa shape index (κ1) is 27.8. The Morgan fingerprint density at radius 3 is 1.91 bits per heavy atom. The van der Waals surface area contributed by atoms with E-state index < -0.39 is 0 Å². The summed E-state index contributed by atoms with van der Waals surface area (Å²) < 4.78 is 0. The van der Waals surface area contributed by atoms with E-state index in [2.05, 4.69) is 95.1 Å². The van der Waals surface area contributed by atoms with E-state index in [1.54, 1.807) is 0 Å². The van der Waals surface area contributed by atoms with Crippen molar-refractivity contribution in [3.05, 3.63) is 103 Å². The number of allylic oxidation sites excluding steroid dienone is 12. The van der Waals surface area contributed by atoms with Crippen LogP contribution in [-0.4, -0.2) is 22.4 Å². The van der Waals surface area contributed by atoms with E-state index in [1.165, 1.54) is 0 Å². The number of hydrogen-bond donors (Lipinski definition) is 2. The first-order chi connectivity index (χ1) is 17.3. The molecule has 4 nitrogen and oxygen atoms in total. The van der Waals surface area contributed by atoms with Crippen molar-refractivity contribution < 1.29 is 4.79 Å². The molecule has 0 bridgehead atoms. The summed E-state index contributed by atoms with van der Waals surface area (Å²) in [5.41, 5.74) is 2.00. The Hall–Kier alpha value is -3.40. The highest BCUT2D eigenvalue weighted by molar-refractivity contribution is 5.76. The van der Waals surface area contributed by atoms with Crippen LogP contribution in [0.15, 0.2) is 97.2 Å². The molecule has 2 rings (SSSR count). The lowest BCUT2D eigenvalue weighted by Crippen LogP contribution is -2.25. The zero-order valence-electron chi connectivity index (χ0n) is 21.2. The largest absolute Gasteiger partial charge is 0.356 e. The molecular formula is C31H41N3O. The Balaban J connectivity index is 1.43. The fourth-order valence-electron chi connectivity index (χ4n) is 3.39. The fourth-order valence-corrected chi connectivity index (χ4v) is 3.39. The minimum absolute atomic E-state index is 0.0839. The molecule has 2 N–H and O–H groups in total. The molecule has 35 heavy (non-hydrogen) atoms. The molecule has 186 valence electrons. The van der Waals surface area contributed by atoms with E-state index in [-0.39, 0.29) is 5.91 Å². The third-order valence-corrected chi connectivity index (χ3v) is 5.26. The van der Waals surface area contributed by atoms with E-state index in [4.69, 9.17) is 0 Å². The molecule has 0 saturated heterocycles. The lowest BCUT2D eigenvalue weighted by atomic mass is 10.2. The van der Waals surface area contributed by atoms with Gasteiger partial charge in [0.25, 0.3) is 0 Å². The van der Waals surface area contributed by atoms with Gasteiger partial charge in [-0.25, -0.2) is 4.98 Å². The Bertz CT molecular complexity index is 988. The van der Waals surface area contributed by atoms with Crippen molar-refractivity contribution in [1.29, 1.82) is 0 Å². The van der Waals surface area contributed by atoms with Gasteiger partial charge in [0.1, 0.15) is 5.82 Å². The van der Waals surface area contributed by atoms with E-state index in [0.29, 0.717) is 19.4 Å². The molecule has 0 atom stereocenters. The van der Waals surface area contributed by atoms with Gasteiger partial charge >= 0.3 is 0 Å². The molecule has 1 aromatic heterocycles. The number of carbonyl (C=O) groups is 1. The Kier molecular flexibility index (Phi) is 15.1. The average Bonchev–Trinajstić information content (AvgIpc) is 3.28. The van der Waals surface area contributed by atoms with E-state index in [1.807, 2.05) is 24.3 Å². The van der Waals surface area contributed by atoms with Crippen molar-refractivity contribution in [3.63, 3.8) is 0 Å². The predicted octanol–water partition coefficient (Wildman–Crippen LogP) is 7.70. The van der Waals surface area contributed by atoms with Gasteiger partial charge in [-0.15, -0.1) is 0 Å². The number of nitrogens with zero attached hydrogens (tertiary/aromatic N) is 1. The normalized spacial score (nSPS) is 12.7. The van der Waals surface area contributed by atoms with Crippen molar-refractivity contribution in [2.24, 2.45) is 0 Å². The van der Waals surface area contributed by atoms with Crippen LogP contribution in [0.1, 0.15) is 64.1 Å². The smallest absolute Gasteiger partial charge is 0.220 e. The van der Waals surface area contributed by atoms with Gasteiger partial charge in [-0.1, -0.05) is 92.0 Å². The van der Waals surface area contributed by atoms with Crippen LogP contribution in [0.4, 0.5) is 0 Å². The molecule has 1 heterocycles. The Labute approximate surface area is 211 Å². The number of fused-ring (bicyclic) bond motifs is 1. The molecule has 0 radical (unpaired) electrons. The molecule has 0 aliphatic carbocycles. The van der Waals surface area contributed by atoms with Gasteiger partial charge in [0.15, 0.2) is 0 Å². The summed E-state index contributed by atoms with van der Waals surface area (Å²) in [6.07, 6.45) is 34.2. The maximum Gasteiger partial charge on any atom is 0.220 e. The lowest BCUT2D eigenvalue weighted by Gasteiger charge is -2.02. The SMILES string of the molecule is CC/C=C/C/C=C/C/C=C/C/C=C/C/C=C/C/C=C/CCC(=O)NCCc1nc2ccccc2[nH]1. The molecule has 0 fully saturated rings.